The van der Waals surface area contributed by atoms with Crippen molar-refractivity contribution in [3.05, 3.63) is 53.3 Å². The van der Waals surface area contributed by atoms with Gasteiger partial charge in [-0.15, -0.1) is 5.10 Å². The highest BCUT2D eigenvalue weighted by Crippen LogP contribution is 2.31. The second-order valence-corrected chi connectivity index (χ2v) is 5.40. The van der Waals surface area contributed by atoms with Crippen LogP contribution in [0.3, 0.4) is 0 Å². The van der Waals surface area contributed by atoms with Gasteiger partial charge in [0.15, 0.2) is 0 Å². The first-order chi connectivity index (χ1) is 11.1. The summed E-state index contributed by atoms with van der Waals surface area (Å²) in [5, 5.41) is 8.74. The second kappa shape index (κ2) is 6.32. The third-order valence-electron chi connectivity index (χ3n) is 3.95. The maximum Gasteiger partial charge on any atom is 0.258 e. The number of nitrogens with zero attached hydrogens (tertiary/aromatic N) is 3. The number of hydrogen-bond acceptors (Lipinski definition) is 3. The topological polar surface area (TPSA) is 39.9 Å². The van der Waals surface area contributed by atoms with E-state index in [0.717, 1.165) is 22.2 Å². The van der Waals surface area contributed by atoms with Gasteiger partial charge in [-0.25, -0.2) is 8.78 Å². The highest BCUT2D eigenvalue weighted by Gasteiger charge is 2.19. The molecular weight excluding hydrogens is 300 g/mol. The lowest BCUT2D eigenvalue weighted by molar-refractivity contribution is 0.127. The zero-order valence-corrected chi connectivity index (χ0v) is 13.0. The van der Waals surface area contributed by atoms with E-state index in [0.29, 0.717) is 12.1 Å². The Morgan fingerprint density at radius 3 is 2.61 bits per heavy atom. The van der Waals surface area contributed by atoms with Gasteiger partial charge in [0.2, 0.25) is 0 Å². The fourth-order valence-corrected chi connectivity index (χ4v) is 2.65. The molecule has 0 bridgehead atoms. The Kier molecular flexibility index (Phi) is 4.23. The Hall–Kier alpha value is -2.50. The molecule has 0 unspecified atom stereocenters. The highest BCUT2D eigenvalue weighted by molar-refractivity contribution is 5.88. The minimum atomic E-state index is -2.45. The summed E-state index contributed by atoms with van der Waals surface area (Å²) in [4.78, 5) is 0. The SMILES string of the molecule is Cc1c(C)n(CC(F)F)c2c(OCc3ccccc3)nncc12. The quantitative estimate of drug-likeness (QED) is 0.716. The van der Waals surface area contributed by atoms with Crippen molar-refractivity contribution in [2.75, 3.05) is 0 Å². The number of alkyl halides is 2. The molecule has 0 fully saturated rings. The van der Waals surface area contributed by atoms with E-state index in [1.165, 1.54) is 0 Å². The molecule has 1 aromatic carbocycles. The Bertz CT molecular complexity index is 816. The van der Waals surface area contributed by atoms with Crippen molar-refractivity contribution in [1.82, 2.24) is 14.8 Å². The van der Waals surface area contributed by atoms with Crippen LogP contribution >= 0.6 is 0 Å². The molecule has 0 amide bonds. The lowest BCUT2D eigenvalue weighted by atomic mass is 10.2. The number of ether oxygens (including phenoxy) is 1. The summed E-state index contributed by atoms with van der Waals surface area (Å²) in [6.07, 6.45) is -0.853. The van der Waals surface area contributed by atoms with Crippen molar-refractivity contribution >= 4 is 10.9 Å². The van der Waals surface area contributed by atoms with Crippen LogP contribution in [-0.2, 0) is 13.2 Å². The van der Waals surface area contributed by atoms with Crippen LogP contribution in [0.4, 0.5) is 8.78 Å². The Balaban J connectivity index is 2.01. The maximum atomic E-state index is 12.9. The summed E-state index contributed by atoms with van der Waals surface area (Å²) in [7, 11) is 0. The third kappa shape index (κ3) is 3.02. The molecule has 6 heteroatoms. The molecule has 0 radical (unpaired) electrons. The second-order valence-electron chi connectivity index (χ2n) is 5.40. The van der Waals surface area contributed by atoms with Crippen LogP contribution in [0.25, 0.3) is 10.9 Å². The zero-order valence-electron chi connectivity index (χ0n) is 13.0. The fourth-order valence-electron chi connectivity index (χ4n) is 2.65. The molecule has 0 aliphatic carbocycles. The van der Waals surface area contributed by atoms with Gasteiger partial charge in [0.25, 0.3) is 12.3 Å². The summed E-state index contributed by atoms with van der Waals surface area (Å²) in [6, 6.07) is 9.62. The van der Waals surface area contributed by atoms with Gasteiger partial charge < -0.3 is 9.30 Å². The molecule has 3 aromatic rings. The standard InChI is InChI=1S/C17H17F2N3O/c1-11-12(2)22(9-15(18)19)16-14(11)8-20-21-17(16)23-10-13-6-4-3-5-7-13/h3-8,15H,9-10H2,1-2H3. The summed E-state index contributed by atoms with van der Waals surface area (Å²) in [6.45, 7) is 3.64. The average molecular weight is 317 g/mol. The van der Waals surface area contributed by atoms with E-state index in [4.69, 9.17) is 4.74 Å². The molecule has 0 saturated carbocycles. The smallest absolute Gasteiger partial charge is 0.258 e. The molecule has 0 atom stereocenters. The average Bonchev–Trinajstić information content (AvgIpc) is 2.79. The van der Waals surface area contributed by atoms with Gasteiger partial charge in [-0.05, 0) is 25.0 Å². The van der Waals surface area contributed by atoms with E-state index in [-0.39, 0.29) is 12.4 Å². The van der Waals surface area contributed by atoms with Crippen molar-refractivity contribution in [2.45, 2.75) is 33.4 Å². The first-order valence-corrected chi connectivity index (χ1v) is 7.34. The predicted molar refractivity (Wildman–Crippen MR) is 83.8 cm³/mol. The van der Waals surface area contributed by atoms with Gasteiger partial charge in [-0.3, -0.25) is 0 Å². The number of aryl methyl sites for hydroxylation is 1. The normalized spacial score (nSPS) is 11.3. The monoisotopic (exact) mass is 317 g/mol. The first-order valence-electron chi connectivity index (χ1n) is 7.34. The van der Waals surface area contributed by atoms with Crippen LogP contribution in [0.15, 0.2) is 36.5 Å². The molecule has 120 valence electrons. The van der Waals surface area contributed by atoms with Crippen LogP contribution in [0.5, 0.6) is 5.88 Å². The molecule has 3 rings (SSSR count). The van der Waals surface area contributed by atoms with Crippen molar-refractivity contribution in [2.24, 2.45) is 0 Å². The molecule has 2 aromatic heterocycles. The van der Waals surface area contributed by atoms with E-state index in [9.17, 15) is 8.78 Å². The van der Waals surface area contributed by atoms with Crippen LogP contribution in [0.2, 0.25) is 0 Å². The number of fused-ring (bicyclic) bond motifs is 1. The maximum absolute atomic E-state index is 12.9. The third-order valence-corrected chi connectivity index (χ3v) is 3.95. The van der Waals surface area contributed by atoms with Crippen LogP contribution < -0.4 is 4.74 Å². The van der Waals surface area contributed by atoms with Crippen molar-refractivity contribution < 1.29 is 13.5 Å². The van der Waals surface area contributed by atoms with Gasteiger partial charge in [-0.2, -0.15) is 5.10 Å². The van der Waals surface area contributed by atoms with E-state index in [1.807, 2.05) is 44.2 Å². The summed E-state index contributed by atoms with van der Waals surface area (Å²) in [5.74, 6) is 0.281. The van der Waals surface area contributed by atoms with Crippen LogP contribution in [0, 0.1) is 13.8 Å². The molecule has 2 heterocycles. The van der Waals surface area contributed by atoms with E-state index >= 15 is 0 Å². The number of aromatic nitrogens is 3. The number of hydrogen-bond donors (Lipinski definition) is 0. The lowest BCUT2D eigenvalue weighted by Crippen LogP contribution is -2.09. The Morgan fingerprint density at radius 2 is 1.91 bits per heavy atom. The van der Waals surface area contributed by atoms with E-state index in [1.54, 1.807) is 10.8 Å². The minimum Gasteiger partial charge on any atom is -0.470 e. The van der Waals surface area contributed by atoms with Crippen molar-refractivity contribution in [1.29, 1.82) is 0 Å². The van der Waals surface area contributed by atoms with Gasteiger partial charge in [0.05, 0.1) is 12.7 Å². The number of rotatable bonds is 5. The Morgan fingerprint density at radius 1 is 1.17 bits per heavy atom. The molecule has 0 aliphatic rings. The van der Waals surface area contributed by atoms with Gasteiger partial charge >= 0.3 is 0 Å². The minimum absolute atomic E-state index is 0.281. The van der Waals surface area contributed by atoms with Crippen LogP contribution in [-0.4, -0.2) is 21.2 Å². The fraction of sp³-hybridized carbons (Fsp3) is 0.294. The van der Waals surface area contributed by atoms with Gasteiger partial charge in [0, 0.05) is 11.1 Å². The molecular formula is C17H17F2N3O. The predicted octanol–water partition coefficient (Wildman–Crippen LogP) is 3.89. The van der Waals surface area contributed by atoms with Gasteiger partial charge in [-0.1, -0.05) is 30.3 Å². The van der Waals surface area contributed by atoms with E-state index in [2.05, 4.69) is 10.2 Å². The van der Waals surface area contributed by atoms with Crippen molar-refractivity contribution in [3.8, 4) is 5.88 Å². The largest absolute Gasteiger partial charge is 0.470 e. The molecule has 0 spiro atoms. The van der Waals surface area contributed by atoms with Gasteiger partial charge in [0.1, 0.15) is 12.1 Å². The number of benzene rings is 1. The molecule has 0 saturated heterocycles. The highest BCUT2D eigenvalue weighted by atomic mass is 19.3. The summed E-state index contributed by atoms with van der Waals surface area (Å²) in [5.41, 5.74) is 3.25. The van der Waals surface area contributed by atoms with Crippen LogP contribution in [0.1, 0.15) is 16.8 Å². The summed E-state index contributed by atoms with van der Waals surface area (Å²) < 4.78 is 33.2. The zero-order chi connectivity index (χ0) is 16.4. The first kappa shape index (κ1) is 15.4. The Labute approximate surface area is 132 Å². The molecule has 0 N–H and O–H groups in total. The van der Waals surface area contributed by atoms with E-state index < -0.39 is 6.43 Å². The molecule has 23 heavy (non-hydrogen) atoms. The van der Waals surface area contributed by atoms with Crippen molar-refractivity contribution in [3.63, 3.8) is 0 Å². The lowest BCUT2D eigenvalue weighted by Gasteiger charge is -2.11. The molecule has 4 nitrogen and oxygen atoms in total. The summed E-state index contributed by atoms with van der Waals surface area (Å²) >= 11 is 0. The molecule has 0 aliphatic heterocycles. The number of halogens is 2.